The lowest BCUT2D eigenvalue weighted by molar-refractivity contribution is -0.119. The van der Waals surface area contributed by atoms with Crippen molar-refractivity contribution in [3.05, 3.63) is 95.1 Å². The Bertz CT molecular complexity index is 1480. The van der Waals surface area contributed by atoms with Crippen LogP contribution in [-0.4, -0.2) is 70.9 Å². The number of anilines is 1. The van der Waals surface area contributed by atoms with E-state index in [-0.39, 0.29) is 31.0 Å². The third-order valence-electron chi connectivity index (χ3n) is 8.50. The molecule has 2 heterocycles. The fourth-order valence-electron chi connectivity index (χ4n) is 6.37. The zero-order valence-corrected chi connectivity index (χ0v) is 27.0. The first-order valence-corrected chi connectivity index (χ1v) is 17.0. The lowest BCUT2D eigenvalue weighted by Crippen LogP contribution is -2.50. The molecule has 7 atom stereocenters. The molecule has 46 heavy (non-hydrogen) atoms. The van der Waals surface area contributed by atoms with Crippen LogP contribution in [0.2, 0.25) is 0 Å². The van der Waals surface area contributed by atoms with E-state index in [1.54, 1.807) is 12.1 Å². The Morgan fingerprint density at radius 3 is 2.26 bits per heavy atom. The van der Waals surface area contributed by atoms with E-state index < -0.39 is 47.1 Å². The number of carbonyl (C=O) groups excluding carboxylic acids is 2. The average molecular weight is 650 g/mol. The molecule has 0 aromatic heterocycles. The first-order valence-electron chi connectivity index (χ1n) is 15.7. The van der Waals surface area contributed by atoms with Gasteiger partial charge in [0.05, 0.1) is 42.1 Å². The zero-order valence-electron chi connectivity index (χ0n) is 26.2. The van der Waals surface area contributed by atoms with Gasteiger partial charge in [0, 0.05) is 16.6 Å². The summed E-state index contributed by atoms with van der Waals surface area (Å²) in [5.74, 6) is -0.649. The highest BCUT2D eigenvalue weighted by Crippen LogP contribution is 2.33. The summed E-state index contributed by atoms with van der Waals surface area (Å²) in [6.07, 6.45) is -0.807. The van der Waals surface area contributed by atoms with Gasteiger partial charge in [0.15, 0.2) is 6.29 Å². The third-order valence-corrected chi connectivity index (χ3v) is 10.1. The Balaban J connectivity index is 1.29. The Morgan fingerprint density at radius 2 is 1.61 bits per heavy atom. The molecule has 3 aromatic carbocycles. The van der Waals surface area contributed by atoms with Crippen LogP contribution in [0.15, 0.2) is 77.7 Å². The highest BCUT2D eigenvalue weighted by Gasteiger charge is 2.44. The largest absolute Gasteiger partial charge is 0.443 e. The van der Waals surface area contributed by atoms with Gasteiger partial charge in [-0.2, -0.15) is 0 Å². The first-order chi connectivity index (χ1) is 22.2. The number of aliphatic hydroxyl groups excluding tert-OH is 1. The van der Waals surface area contributed by atoms with Gasteiger partial charge in [0.2, 0.25) is 5.91 Å². The molecule has 0 aliphatic carbocycles. The molecule has 0 bridgehead atoms. The summed E-state index contributed by atoms with van der Waals surface area (Å²) in [5, 5.41) is 17.5. The monoisotopic (exact) mass is 649 g/mol. The van der Waals surface area contributed by atoms with Crippen molar-refractivity contribution in [3.63, 3.8) is 0 Å². The van der Waals surface area contributed by atoms with Crippen LogP contribution < -0.4 is 16.4 Å². The van der Waals surface area contributed by atoms with Crippen LogP contribution in [0.5, 0.6) is 0 Å². The molecule has 1 unspecified atom stereocenters. The van der Waals surface area contributed by atoms with Gasteiger partial charge in [-0.25, -0.2) is 4.79 Å². The number of aryl methyl sites for hydroxylation is 2. The first kappa shape index (κ1) is 33.6. The minimum Gasteiger partial charge on any atom is -0.443 e. The van der Waals surface area contributed by atoms with Crippen molar-refractivity contribution < 1.29 is 33.1 Å². The molecule has 2 amide bonds. The molecule has 2 aliphatic heterocycles. The molecule has 5 rings (SSSR count). The second kappa shape index (κ2) is 15.7. The Hall–Kier alpha value is -3.77. The quantitative estimate of drug-likeness (QED) is 0.206. The maximum atomic E-state index is 13.3. The highest BCUT2D eigenvalue weighted by molar-refractivity contribution is 7.85. The standard InChI is InChI=1S/C35H43N3O7S/c1-22-15-26(36)16-23(2)33(22)46(42)21-32(40)37-27(17-24-9-5-3-6-10-24)19-30(39)29(18-25-11-7-4-8-12-25)38-35(41)45-31-20-44-34-28(31)13-14-43-34/h3-12,15-16,27-31,34,39H,13-14,17-21,36H2,1-2H3,(H,37,40)(H,38,41)/t27-,28-,29-,30-,31-,34+,46?/m0/s1. The normalized spacial score (nSPS) is 21.5. The minimum atomic E-state index is -1.59. The van der Waals surface area contributed by atoms with E-state index in [4.69, 9.17) is 19.9 Å². The second-order valence-corrected chi connectivity index (χ2v) is 13.5. The maximum Gasteiger partial charge on any atom is 0.407 e. The SMILES string of the molecule is Cc1cc(N)cc(C)c1S(=O)CC(=O)N[C@@H](Cc1ccccc1)C[C@H](O)[C@H](Cc1ccccc1)NC(=O)O[C@H]1CO[C@H]2OCC[C@H]21. The number of aliphatic hydroxyl groups is 1. The number of nitrogen functional groups attached to an aromatic ring is 1. The summed E-state index contributed by atoms with van der Waals surface area (Å²) in [7, 11) is -1.59. The van der Waals surface area contributed by atoms with Crippen LogP contribution in [0.4, 0.5) is 10.5 Å². The summed E-state index contributed by atoms with van der Waals surface area (Å²) in [6.45, 7) is 4.48. The average Bonchev–Trinajstić information content (AvgIpc) is 3.62. The lowest BCUT2D eigenvalue weighted by atomic mass is 9.93. The molecule has 2 saturated heterocycles. The van der Waals surface area contributed by atoms with E-state index in [1.165, 1.54) is 0 Å². The predicted octanol–water partition coefficient (Wildman–Crippen LogP) is 3.57. The molecule has 0 spiro atoms. The highest BCUT2D eigenvalue weighted by atomic mass is 32.2. The van der Waals surface area contributed by atoms with Crippen LogP contribution >= 0.6 is 0 Å². The topological polar surface area (TPSA) is 149 Å². The number of rotatable bonds is 13. The van der Waals surface area contributed by atoms with Crippen molar-refractivity contribution in [1.82, 2.24) is 10.6 Å². The molecule has 3 aromatic rings. The number of hydrogen-bond donors (Lipinski definition) is 4. The molecular formula is C35H43N3O7S. The van der Waals surface area contributed by atoms with E-state index in [9.17, 15) is 18.9 Å². The van der Waals surface area contributed by atoms with Crippen molar-refractivity contribution in [1.29, 1.82) is 0 Å². The van der Waals surface area contributed by atoms with Crippen LogP contribution in [0.25, 0.3) is 0 Å². The van der Waals surface area contributed by atoms with Gasteiger partial charge in [-0.3, -0.25) is 9.00 Å². The molecule has 2 aliphatic rings. The molecule has 5 N–H and O–H groups in total. The fraction of sp³-hybridized carbons (Fsp3) is 0.429. The van der Waals surface area contributed by atoms with E-state index in [0.717, 1.165) is 28.7 Å². The molecule has 10 nitrogen and oxygen atoms in total. The Labute approximate surface area is 272 Å². The van der Waals surface area contributed by atoms with Crippen molar-refractivity contribution >= 4 is 28.5 Å². The maximum absolute atomic E-state index is 13.3. The summed E-state index contributed by atoms with van der Waals surface area (Å²) in [4.78, 5) is 27.0. The number of hydrogen-bond acceptors (Lipinski definition) is 8. The smallest absolute Gasteiger partial charge is 0.407 e. The number of amides is 2. The van der Waals surface area contributed by atoms with Crippen LogP contribution in [0.3, 0.4) is 0 Å². The number of benzene rings is 3. The van der Waals surface area contributed by atoms with Crippen molar-refractivity contribution in [2.75, 3.05) is 24.7 Å². The minimum absolute atomic E-state index is 0.0138. The van der Waals surface area contributed by atoms with Gasteiger partial charge in [-0.15, -0.1) is 0 Å². The summed E-state index contributed by atoms with van der Waals surface area (Å²) in [6, 6.07) is 21.5. The van der Waals surface area contributed by atoms with E-state index in [2.05, 4.69) is 10.6 Å². The predicted molar refractivity (Wildman–Crippen MR) is 175 cm³/mol. The number of carbonyl (C=O) groups is 2. The molecule has 11 heteroatoms. The van der Waals surface area contributed by atoms with Crippen molar-refractivity contribution in [3.8, 4) is 0 Å². The fourth-order valence-corrected chi connectivity index (χ4v) is 7.67. The van der Waals surface area contributed by atoms with E-state index >= 15 is 0 Å². The molecule has 0 saturated carbocycles. The summed E-state index contributed by atoms with van der Waals surface area (Å²) < 4.78 is 30.2. The number of nitrogens with one attached hydrogen (secondary N) is 2. The number of alkyl carbamates (subject to hydrolysis) is 1. The third kappa shape index (κ3) is 8.94. The van der Waals surface area contributed by atoms with E-state index in [0.29, 0.717) is 30.0 Å². The van der Waals surface area contributed by atoms with Crippen LogP contribution in [-0.2, 0) is 42.6 Å². The number of fused-ring (bicyclic) bond motifs is 1. The van der Waals surface area contributed by atoms with Gasteiger partial charge >= 0.3 is 6.09 Å². The Kier molecular flexibility index (Phi) is 11.5. The zero-order chi connectivity index (χ0) is 32.6. The van der Waals surface area contributed by atoms with Gasteiger partial charge in [-0.05, 0) is 73.9 Å². The molecular weight excluding hydrogens is 606 g/mol. The van der Waals surface area contributed by atoms with Gasteiger partial charge < -0.3 is 35.7 Å². The lowest BCUT2D eigenvalue weighted by Gasteiger charge is -2.29. The van der Waals surface area contributed by atoms with Gasteiger partial charge in [-0.1, -0.05) is 60.7 Å². The summed E-state index contributed by atoms with van der Waals surface area (Å²) >= 11 is 0. The van der Waals surface area contributed by atoms with Gasteiger partial charge in [0.25, 0.3) is 0 Å². The second-order valence-electron chi connectivity index (χ2n) is 12.1. The molecule has 246 valence electrons. The van der Waals surface area contributed by atoms with Crippen molar-refractivity contribution in [2.24, 2.45) is 5.92 Å². The number of nitrogens with two attached hydrogens (primary N) is 1. The molecule has 0 radical (unpaired) electrons. The van der Waals surface area contributed by atoms with E-state index in [1.807, 2.05) is 74.5 Å². The molecule has 2 fully saturated rings. The number of ether oxygens (including phenoxy) is 3. The van der Waals surface area contributed by atoms with Crippen LogP contribution in [0.1, 0.15) is 35.1 Å². The van der Waals surface area contributed by atoms with Gasteiger partial charge in [0.1, 0.15) is 11.9 Å². The van der Waals surface area contributed by atoms with Crippen molar-refractivity contribution in [2.45, 2.75) is 75.0 Å². The summed E-state index contributed by atoms with van der Waals surface area (Å²) in [5.41, 5.74) is 9.93. The van der Waals surface area contributed by atoms with Crippen LogP contribution in [0, 0.1) is 19.8 Å². The Morgan fingerprint density at radius 1 is 0.978 bits per heavy atom.